The number of esters is 1. The number of benzene rings is 1. The average molecular weight is 372 g/mol. The Hall–Kier alpha value is -2.63. The maximum Gasteiger partial charge on any atom is 0.309 e. The van der Waals surface area contributed by atoms with Crippen molar-refractivity contribution in [2.75, 3.05) is 19.6 Å². The number of nitrogens with zero attached hydrogens (tertiary/aromatic N) is 1. The molecule has 0 spiro atoms. The van der Waals surface area contributed by atoms with E-state index in [1.807, 2.05) is 37.3 Å². The van der Waals surface area contributed by atoms with Gasteiger partial charge in [0, 0.05) is 25.7 Å². The van der Waals surface area contributed by atoms with E-state index in [0.717, 1.165) is 12.0 Å². The van der Waals surface area contributed by atoms with Gasteiger partial charge in [0.2, 0.25) is 5.91 Å². The zero-order valence-electron chi connectivity index (χ0n) is 16.0. The molecular formula is C21H28N2O4. The SMILES string of the molecule is CCCNC(=O)C(C)OC(=O)C1CCN(C(=O)/C=C/c2ccccc2)CC1. The smallest absolute Gasteiger partial charge is 0.309 e. The molecule has 0 aliphatic carbocycles. The lowest BCUT2D eigenvalue weighted by molar-refractivity contribution is -0.160. The number of nitrogens with one attached hydrogen (secondary N) is 1. The van der Waals surface area contributed by atoms with Crippen LogP contribution in [0.5, 0.6) is 0 Å². The molecule has 27 heavy (non-hydrogen) atoms. The molecule has 1 aliphatic heterocycles. The Morgan fingerprint density at radius 1 is 1.22 bits per heavy atom. The van der Waals surface area contributed by atoms with Gasteiger partial charge in [0.05, 0.1) is 5.92 Å². The van der Waals surface area contributed by atoms with E-state index in [4.69, 9.17) is 4.74 Å². The summed E-state index contributed by atoms with van der Waals surface area (Å²) in [5, 5.41) is 2.71. The van der Waals surface area contributed by atoms with Crippen molar-refractivity contribution in [3.63, 3.8) is 0 Å². The first-order valence-corrected chi connectivity index (χ1v) is 9.51. The van der Waals surface area contributed by atoms with Crippen LogP contribution in [-0.2, 0) is 19.1 Å². The number of rotatable bonds is 7. The van der Waals surface area contributed by atoms with Crippen molar-refractivity contribution in [1.82, 2.24) is 10.2 Å². The van der Waals surface area contributed by atoms with Gasteiger partial charge in [0.1, 0.15) is 0 Å². The minimum absolute atomic E-state index is 0.0574. The third-order valence-electron chi connectivity index (χ3n) is 4.57. The number of amides is 2. The van der Waals surface area contributed by atoms with Gasteiger partial charge in [-0.3, -0.25) is 14.4 Å². The minimum Gasteiger partial charge on any atom is -0.452 e. The lowest BCUT2D eigenvalue weighted by Crippen LogP contribution is -2.42. The molecule has 6 nitrogen and oxygen atoms in total. The van der Waals surface area contributed by atoms with Crippen molar-refractivity contribution in [3.05, 3.63) is 42.0 Å². The fourth-order valence-corrected chi connectivity index (χ4v) is 2.89. The normalized spacial score (nSPS) is 16.1. The second-order valence-corrected chi connectivity index (χ2v) is 6.71. The molecule has 0 bridgehead atoms. The van der Waals surface area contributed by atoms with Gasteiger partial charge in [-0.15, -0.1) is 0 Å². The Morgan fingerprint density at radius 2 is 1.89 bits per heavy atom. The molecule has 1 atom stereocenters. The van der Waals surface area contributed by atoms with E-state index in [9.17, 15) is 14.4 Å². The highest BCUT2D eigenvalue weighted by atomic mass is 16.5. The third kappa shape index (κ3) is 6.55. The molecule has 0 aromatic heterocycles. The summed E-state index contributed by atoms with van der Waals surface area (Å²) in [4.78, 5) is 38.1. The Labute approximate surface area is 160 Å². The number of likely N-dealkylation sites (tertiary alicyclic amines) is 1. The quantitative estimate of drug-likeness (QED) is 0.589. The molecule has 1 aromatic carbocycles. The van der Waals surface area contributed by atoms with Gasteiger partial charge in [0.25, 0.3) is 5.91 Å². The fraction of sp³-hybridized carbons (Fsp3) is 0.476. The van der Waals surface area contributed by atoms with Crippen molar-refractivity contribution in [1.29, 1.82) is 0 Å². The highest BCUT2D eigenvalue weighted by Crippen LogP contribution is 2.20. The van der Waals surface area contributed by atoms with Crippen LogP contribution in [0.25, 0.3) is 6.08 Å². The first-order chi connectivity index (χ1) is 13.0. The molecule has 2 amide bonds. The Morgan fingerprint density at radius 3 is 2.52 bits per heavy atom. The van der Waals surface area contributed by atoms with Crippen LogP contribution in [0.1, 0.15) is 38.7 Å². The molecule has 1 aliphatic rings. The monoisotopic (exact) mass is 372 g/mol. The second-order valence-electron chi connectivity index (χ2n) is 6.71. The second kappa shape index (κ2) is 10.5. The van der Waals surface area contributed by atoms with Crippen molar-refractivity contribution in [2.45, 2.75) is 39.2 Å². The zero-order chi connectivity index (χ0) is 19.6. The summed E-state index contributed by atoms with van der Waals surface area (Å²) in [7, 11) is 0. The van der Waals surface area contributed by atoms with Crippen LogP contribution >= 0.6 is 0 Å². The maximum absolute atomic E-state index is 12.3. The number of carbonyl (C=O) groups is 3. The molecule has 0 saturated carbocycles. The van der Waals surface area contributed by atoms with Gasteiger partial charge in [0.15, 0.2) is 6.10 Å². The van der Waals surface area contributed by atoms with Gasteiger partial charge in [-0.25, -0.2) is 0 Å². The van der Waals surface area contributed by atoms with Gasteiger partial charge in [-0.2, -0.15) is 0 Å². The molecule has 1 saturated heterocycles. The molecule has 146 valence electrons. The van der Waals surface area contributed by atoms with Crippen LogP contribution in [0, 0.1) is 5.92 Å². The molecular weight excluding hydrogens is 344 g/mol. The predicted molar refractivity (Wildman–Crippen MR) is 104 cm³/mol. The summed E-state index contributed by atoms with van der Waals surface area (Å²) >= 11 is 0. The fourth-order valence-electron chi connectivity index (χ4n) is 2.89. The van der Waals surface area contributed by atoms with Crippen LogP contribution < -0.4 is 5.32 Å². The lowest BCUT2D eigenvalue weighted by Gasteiger charge is -2.30. The Bertz CT molecular complexity index is 664. The topological polar surface area (TPSA) is 75.7 Å². The van der Waals surface area contributed by atoms with Crippen molar-refractivity contribution in [3.8, 4) is 0 Å². The van der Waals surface area contributed by atoms with E-state index in [-0.39, 0.29) is 23.7 Å². The highest BCUT2D eigenvalue weighted by molar-refractivity contribution is 5.92. The Kier molecular flexibility index (Phi) is 8.04. The van der Waals surface area contributed by atoms with Crippen LogP contribution in [0.15, 0.2) is 36.4 Å². The van der Waals surface area contributed by atoms with Gasteiger partial charge >= 0.3 is 5.97 Å². The molecule has 1 N–H and O–H groups in total. The molecule has 1 unspecified atom stereocenters. The summed E-state index contributed by atoms with van der Waals surface area (Å²) in [5.74, 6) is -0.962. The van der Waals surface area contributed by atoms with E-state index in [1.54, 1.807) is 24.0 Å². The largest absolute Gasteiger partial charge is 0.452 e. The van der Waals surface area contributed by atoms with E-state index >= 15 is 0 Å². The number of piperidine rings is 1. The van der Waals surface area contributed by atoms with Crippen LogP contribution in [0.3, 0.4) is 0 Å². The molecule has 1 heterocycles. The van der Waals surface area contributed by atoms with Crippen molar-refractivity contribution < 1.29 is 19.1 Å². The zero-order valence-corrected chi connectivity index (χ0v) is 16.0. The number of hydrogen-bond acceptors (Lipinski definition) is 4. The van der Waals surface area contributed by atoms with Crippen LogP contribution in [0.4, 0.5) is 0 Å². The van der Waals surface area contributed by atoms with Gasteiger partial charge < -0.3 is 15.0 Å². The molecule has 0 radical (unpaired) electrons. The summed E-state index contributed by atoms with van der Waals surface area (Å²) in [6.07, 6.45) is 4.49. The number of ether oxygens (including phenoxy) is 1. The highest BCUT2D eigenvalue weighted by Gasteiger charge is 2.29. The minimum atomic E-state index is -0.794. The van der Waals surface area contributed by atoms with Crippen molar-refractivity contribution in [2.24, 2.45) is 5.92 Å². The van der Waals surface area contributed by atoms with E-state index in [2.05, 4.69) is 5.32 Å². The summed E-state index contributed by atoms with van der Waals surface area (Å²) in [5.41, 5.74) is 0.972. The summed E-state index contributed by atoms with van der Waals surface area (Å²) < 4.78 is 5.28. The summed E-state index contributed by atoms with van der Waals surface area (Å²) in [6.45, 7) is 5.12. The lowest BCUT2D eigenvalue weighted by atomic mass is 9.97. The Balaban J connectivity index is 1.77. The van der Waals surface area contributed by atoms with Gasteiger partial charge in [-0.05, 0) is 37.8 Å². The molecule has 1 fully saturated rings. The maximum atomic E-state index is 12.3. The first-order valence-electron chi connectivity index (χ1n) is 9.51. The van der Waals surface area contributed by atoms with E-state index in [0.29, 0.717) is 32.5 Å². The molecule has 2 rings (SSSR count). The summed E-state index contributed by atoms with van der Waals surface area (Å²) in [6, 6.07) is 9.64. The number of hydrogen-bond donors (Lipinski definition) is 1. The molecule has 1 aromatic rings. The van der Waals surface area contributed by atoms with Crippen LogP contribution in [-0.4, -0.2) is 48.4 Å². The first kappa shape index (κ1) is 20.7. The van der Waals surface area contributed by atoms with Crippen molar-refractivity contribution >= 4 is 23.9 Å². The predicted octanol–water partition coefficient (Wildman–Crippen LogP) is 2.40. The van der Waals surface area contributed by atoms with Gasteiger partial charge in [-0.1, -0.05) is 37.3 Å². The van der Waals surface area contributed by atoms with E-state index < -0.39 is 6.10 Å². The standard InChI is InChI=1S/C21H28N2O4/c1-3-13-22-20(25)16(2)27-21(26)18-11-14-23(15-12-18)19(24)10-9-17-7-5-4-6-8-17/h4-10,16,18H,3,11-15H2,1-2H3,(H,22,25)/b10-9+. The third-order valence-corrected chi connectivity index (χ3v) is 4.57. The number of carbonyl (C=O) groups excluding carboxylic acids is 3. The van der Waals surface area contributed by atoms with Crippen LogP contribution in [0.2, 0.25) is 0 Å². The average Bonchev–Trinajstić information content (AvgIpc) is 2.70. The molecule has 6 heteroatoms. The van der Waals surface area contributed by atoms with E-state index in [1.165, 1.54) is 0 Å².